The van der Waals surface area contributed by atoms with Gasteiger partial charge in [-0.1, -0.05) is 36.4 Å². The summed E-state index contributed by atoms with van der Waals surface area (Å²) in [5.41, 5.74) is 1.03. The standard InChI is InChI=1S/C13H11FO/c14-8-13(9-15)12-6-5-10-3-1-2-4-11(10)7-12/h1-8,15H,9H2/b13-8+. The van der Waals surface area contributed by atoms with Crippen LogP contribution in [0.2, 0.25) is 0 Å². The molecule has 2 heteroatoms. The molecular formula is C13H11FO. The lowest BCUT2D eigenvalue weighted by molar-refractivity contribution is 0.349. The van der Waals surface area contributed by atoms with Crippen LogP contribution < -0.4 is 0 Å². The fraction of sp³-hybridized carbons (Fsp3) is 0.0769. The van der Waals surface area contributed by atoms with Crippen molar-refractivity contribution in [3.63, 3.8) is 0 Å². The van der Waals surface area contributed by atoms with Crippen LogP contribution in [0.4, 0.5) is 4.39 Å². The van der Waals surface area contributed by atoms with Crippen LogP contribution in [0, 0.1) is 0 Å². The van der Waals surface area contributed by atoms with E-state index in [2.05, 4.69) is 0 Å². The lowest BCUT2D eigenvalue weighted by atomic mass is 10.0. The van der Waals surface area contributed by atoms with Crippen molar-refractivity contribution in [3.05, 3.63) is 54.4 Å². The topological polar surface area (TPSA) is 20.2 Å². The average molecular weight is 202 g/mol. The van der Waals surface area contributed by atoms with Gasteiger partial charge in [0.1, 0.15) is 0 Å². The molecule has 0 radical (unpaired) electrons. The van der Waals surface area contributed by atoms with Crippen molar-refractivity contribution in [2.45, 2.75) is 0 Å². The van der Waals surface area contributed by atoms with Gasteiger partial charge in [0.05, 0.1) is 12.9 Å². The van der Waals surface area contributed by atoms with Gasteiger partial charge in [-0.05, 0) is 22.4 Å². The summed E-state index contributed by atoms with van der Waals surface area (Å²) in [6, 6.07) is 13.5. The second kappa shape index (κ2) is 4.24. The molecule has 0 atom stereocenters. The van der Waals surface area contributed by atoms with Crippen molar-refractivity contribution < 1.29 is 9.50 Å². The van der Waals surface area contributed by atoms with Crippen LogP contribution >= 0.6 is 0 Å². The van der Waals surface area contributed by atoms with Gasteiger partial charge in [-0.3, -0.25) is 0 Å². The fourth-order valence-electron chi connectivity index (χ4n) is 1.58. The molecule has 1 N–H and O–H groups in total. The Bertz CT molecular complexity index is 503. The van der Waals surface area contributed by atoms with Crippen molar-refractivity contribution in [1.29, 1.82) is 0 Å². The first-order chi connectivity index (χ1) is 7.35. The molecule has 0 unspecified atom stereocenters. The number of hydrogen-bond acceptors (Lipinski definition) is 1. The van der Waals surface area contributed by atoms with E-state index < -0.39 is 0 Å². The molecule has 0 aromatic heterocycles. The summed E-state index contributed by atoms with van der Waals surface area (Å²) in [4.78, 5) is 0. The first kappa shape index (κ1) is 9.87. The van der Waals surface area contributed by atoms with Crippen molar-refractivity contribution in [1.82, 2.24) is 0 Å². The summed E-state index contributed by atoms with van der Waals surface area (Å²) in [5.74, 6) is 0. The summed E-state index contributed by atoms with van der Waals surface area (Å²) in [7, 11) is 0. The molecule has 2 rings (SSSR count). The lowest BCUT2D eigenvalue weighted by Crippen LogP contribution is -1.89. The zero-order valence-electron chi connectivity index (χ0n) is 8.15. The van der Waals surface area contributed by atoms with Crippen LogP contribution in [-0.4, -0.2) is 11.7 Å². The largest absolute Gasteiger partial charge is 0.392 e. The van der Waals surface area contributed by atoms with Crippen LogP contribution in [0.1, 0.15) is 5.56 Å². The monoisotopic (exact) mass is 202 g/mol. The molecule has 0 saturated heterocycles. The first-order valence-electron chi connectivity index (χ1n) is 4.74. The summed E-state index contributed by atoms with van der Waals surface area (Å²) in [5, 5.41) is 11.1. The summed E-state index contributed by atoms with van der Waals surface area (Å²) in [6.07, 6.45) is 0.449. The molecule has 1 nitrogen and oxygen atoms in total. The van der Waals surface area contributed by atoms with Gasteiger partial charge in [-0.15, -0.1) is 0 Å². The highest BCUT2D eigenvalue weighted by atomic mass is 19.1. The summed E-state index contributed by atoms with van der Waals surface area (Å²) >= 11 is 0. The third-order valence-electron chi connectivity index (χ3n) is 2.42. The zero-order chi connectivity index (χ0) is 10.7. The molecule has 0 aliphatic carbocycles. The maximum atomic E-state index is 12.4. The normalized spacial score (nSPS) is 12.0. The predicted molar refractivity (Wildman–Crippen MR) is 60.1 cm³/mol. The highest BCUT2D eigenvalue weighted by molar-refractivity contribution is 5.86. The van der Waals surface area contributed by atoms with Crippen LogP contribution in [0.3, 0.4) is 0 Å². The van der Waals surface area contributed by atoms with Gasteiger partial charge in [-0.25, -0.2) is 4.39 Å². The molecule has 0 amide bonds. The van der Waals surface area contributed by atoms with E-state index in [1.165, 1.54) is 0 Å². The second-order valence-corrected chi connectivity index (χ2v) is 3.35. The van der Waals surface area contributed by atoms with Gasteiger partial charge in [0.15, 0.2) is 0 Å². The molecule has 0 saturated carbocycles. The Balaban J connectivity index is 2.56. The Hall–Kier alpha value is -1.67. The molecule has 0 spiro atoms. The minimum Gasteiger partial charge on any atom is -0.392 e. The Morgan fingerprint density at radius 3 is 2.53 bits per heavy atom. The van der Waals surface area contributed by atoms with Crippen molar-refractivity contribution >= 4 is 16.3 Å². The van der Waals surface area contributed by atoms with Gasteiger partial charge < -0.3 is 5.11 Å². The van der Waals surface area contributed by atoms with Crippen molar-refractivity contribution in [2.75, 3.05) is 6.61 Å². The van der Waals surface area contributed by atoms with E-state index in [1.54, 1.807) is 0 Å². The number of hydrogen-bond donors (Lipinski definition) is 1. The van der Waals surface area contributed by atoms with Gasteiger partial charge in [0, 0.05) is 5.57 Å². The highest BCUT2D eigenvalue weighted by Gasteiger charge is 2.01. The Labute approximate surface area is 87.5 Å². The number of aliphatic hydroxyl groups is 1. The van der Waals surface area contributed by atoms with E-state index in [9.17, 15) is 4.39 Å². The molecule has 0 bridgehead atoms. The second-order valence-electron chi connectivity index (χ2n) is 3.35. The maximum Gasteiger partial charge on any atom is 0.0928 e. The molecule has 15 heavy (non-hydrogen) atoms. The summed E-state index contributed by atoms with van der Waals surface area (Å²) < 4.78 is 12.4. The highest BCUT2D eigenvalue weighted by Crippen LogP contribution is 2.20. The zero-order valence-corrected chi connectivity index (χ0v) is 8.15. The number of benzene rings is 2. The molecule has 0 heterocycles. The van der Waals surface area contributed by atoms with Crippen LogP contribution in [-0.2, 0) is 0 Å². The fourth-order valence-corrected chi connectivity index (χ4v) is 1.58. The molecule has 0 aliphatic rings. The number of rotatable bonds is 2. The molecule has 0 fully saturated rings. The molecular weight excluding hydrogens is 191 g/mol. The quantitative estimate of drug-likeness (QED) is 0.793. The van der Waals surface area contributed by atoms with Crippen molar-refractivity contribution in [3.8, 4) is 0 Å². The third-order valence-corrected chi connectivity index (χ3v) is 2.42. The van der Waals surface area contributed by atoms with Crippen LogP contribution in [0.5, 0.6) is 0 Å². The summed E-state index contributed by atoms with van der Waals surface area (Å²) in [6.45, 7) is -0.283. The minimum atomic E-state index is -0.283. The van der Waals surface area contributed by atoms with E-state index in [0.717, 1.165) is 16.3 Å². The molecule has 0 aliphatic heterocycles. The smallest absolute Gasteiger partial charge is 0.0928 e. The van der Waals surface area contributed by atoms with Gasteiger partial charge in [-0.2, -0.15) is 0 Å². The molecule has 2 aromatic rings. The Morgan fingerprint density at radius 2 is 1.87 bits per heavy atom. The first-order valence-corrected chi connectivity index (χ1v) is 4.74. The Morgan fingerprint density at radius 1 is 1.13 bits per heavy atom. The van der Waals surface area contributed by atoms with E-state index in [1.807, 2.05) is 42.5 Å². The molecule has 76 valence electrons. The predicted octanol–water partition coefficient (Wildman–Crippen LogP) is 3.14. The van der Waals surface area contributed by atoms with Crippen LogP contribution in [0.15, 0.2) is 48.8 Å². The van der Waals surface area contributed by atoms with E-state index in [-0.39, 0.29) is 6.61 Å². The SMILES string of the molecule is OC/C(=C\F)c1ccc2ccccc2c1. The van der Waals surface area contributed by atoms with Gasteiger partial charge in [0.2, 0.25) is 0 Å². The Kier molecular flexibility index (Phi) is 2.79. The van der Waals surface area contributed by atoms with E-state index in [0.29, 0.717) is 11.9 Å². The number of fused-ring (bicyclic) bond motifs is 1. The average Bonchev–Trinajstić information content (AvgIpc) is 2.30. The van der Waals surface area contributed by atoms with E-state index >= 15 is 0 Å². The van der Waals surface area contributed by atoms with E-state index in [4.69, 9.17) is 5.11 Å². The van der Waals surface area contributed by atoms with Crippen molar-refractivity contribution in [2.24, 2.45) is 0 Å². The lowest BCUT2D eigenvalue weighted by Gasteiger charge is -2.04. The van der Waals surface area contributed by atoms with Gasteiger partial charge in [0.25, 0.3) is 0 Å². The number of aliphatic hydroxyl groups excluding tert-OH is 1. The minimum absolute atomic E-state index is 0.283. The third kappa shape index (κ3) is 1.90. The molecule has 2 aromatic carbocycles. The maximum absolute atomic E-state index is 12.4. The van der Waals surface area contributed by atoms with Crippen LogP contribution in [0.25, 0.3) is 16.3 Å². The number of halogens is 1. The van der Waals surface area contributed by atoms with Gasteiger partial charge >= 0.3 is 0 Å².